The maximum Gasteiger partial charge on any atom is 0.303 e. The number of hydrogen-bond donors (Lipinski definition) is 2. The maximum atomic E-state index is 13.6. The molecule has 1 atom stereocenters. The number of carboxylic acids is 1. The van der Waals surface area contributed by atoms with E-state index in [0.29, 0.717) is 0 Å². The summed E-state index contributed by atoms with van der Waals surface area (Å²) in [4.78, 5) is 10.6. The zero-order valence-electron chi connectivity index (χ0n) is 9.03. The number of phenolic OH excluding ortho intramolecular Hbond substituents is 1. The third-order valence-electron chi connectivity index (χ3n) is 2.31. The van der Waals surface area contributed by atoms with Crippen LogP contribution in [0.25, 0.3) is 0 Å². The Morgan fingerprint density at radius 2 is 2.19 bits per heavy atom. The Morgan fingerprint density at radius 1 is 1.56 bits per heavy atom. The van der Waals surface area contributed by atoms with E-state index in [9.17, 15) is 14.3 Å². The fourth-order valence-corrected chi connectivity index (χ4v) is 1.56. The topological polar surface area (TPSA) is 66.8 Å². The van der Waals surface area contributed by atoms with Crippen LogP contribution in [0.3, 0.4) is 0 Å². The molecule has 1 aromatic rings. The Morgan fingerprint density at radius 3 is 2.69 bits per heavy atom. The van der Waals surface area contributed by atoms with Crippen LogP contribution in [0, 0.1) is 5.82 Å². The van der Waals surface area contributed by atoms with Crippen LogP contribution in [0.4, 0.5) is 4.39 Å². The van der Waals surface area contributed by atoms with Crippen molar-refractivity contribution < 1.29 is 24.1 Å². The molecule has 1 aromatic carbocycles. The van der Waals surface area contributed by atoms with Gasteiger partial charge in [-0.15, -0.1) is 0 Å². The maximum absolute atomic E-state index is 13.6. The average molecular weight is 228 g/mol. The number of methoxy groups -OCH3 is 1. The van der Waals surface area contributed by atoms with Crippen LogP contribution in [0.1, 0.15) is 24.8 Å². The van der Waals surface area contributed by atoms with Crippen molar-refractivity contribution in [1.82, 2.24) is 0 Å². The Hall–Kier alpha value is -1.78. The molecule has 0 aliphatic rings. The molecule has 0 bridgehead atoms. The van der Waals surface area contributed by atoms with Gasteiger partial charge in [0, 0.05) is 5.56 Å². The van der Waals surface area contributed by atoms with E-state index < -0.39 is 23.5 Å². The molecule has 0 aliphatic carbocycles. The standard InChI is InChI=1S/C11H13FO4/c1-6(5-9(14)15)10-8(16-2)4-3-7(13)11(10)12/h3-4,6,13H,5H2,1-2H3,(H,14,15). The van der Waals surface area contributed by atoms with Gasteiger partial charge in [0.1, 0.15) is 5.75 Å². The van der Waals surface area contributed by atoms with Crippen molar-refractivity contribution in [1.29, 1.82) is 0 Å². The Labute approximate surface area is 92.3 Å². The van der Waals surface area contributed by atoms with Gasteiger partial charge in [-0.3, -0.25) is 4.79 Å². The summed E-state index contributed by atoms with van der Waals surface area (Å²) in [5.74, 6) is -2.69. The predicted octanol–water partition coefficient (Wildman–Crippen LogP) is 2.12. The molecule has 0 radical (unpaired) electrons. The van der Waals surface area contributed by atoms with Gasteiger partial charge in [-0.2, -0.15) is 0 Å². The third kappa shape index (κ3) is 2.42. The highest BCUT2D eigenvalue weighted by Crippen LogP contribution is 2.35. The van der Waals surface area contributed by atoms with Crippen LogP contribution in [-0.2, 0) is 4.79 Å². The first kappa shape index (κ1) is 12.3. The van der Waals surface area contributed by atoms with Crippen molar-refractivity contribution in [2.24, 2.45) is 0 Å². The number of hydrogen-bond acceptors (Lipinski definition) is 3. The molecule has 5 heteroatoms. The quantitative estimate of drug-likeness (QED) is 0.828. The van der Waals surface area contributed by atoms with E-state index in [4.69, 9.17) is 9.84 Å². The highest BCUT2D eigenvalue weighted by atomic mass is 19.1. The highest BCUT2D eigenvalue weighted by Gasteiger charge is 2.21. The van der Waals surface area contributed by atoms with Crippen molar-refractivity contribution >= 4 is 5.97 Å². The van der Waals surface area contributed by atoms with Gasteiger partial charge in [-0.25, -0.2) is 4.39 Å². The molecule has 88 valence electrons. The molecule has 0 fully saturated rings. The van der Waals surface area contributed by atoms with Crippen LogP contribution in [0.5, 0.6) is 11.5 Å². The summed E-state index contributed by atoms with van der Waals surface area (Å²) in [6.45, 7) is 1.56. The normalized spacial score (nSPS) is 12.2. The van der Waals surface area contributed by atoms with Crippen molar-refractivity contribution in [2.75, 3.05) is 7.11 Å². The van der Waals surface area contributed by atoms with Gasteiger partial charge in [-0.1, -0.05) is 6.92 Å². The van der Waals surface area contributed by atoms with E-state index in [1.54, 1.807) is 6.92 Å². The fourth-order valence-electron chi connectivity index (χ4n) is 1.56. The number of halogens is 1. The molecule has 2 N–H and O–H groups in total. The van der Waals surface area contributed by atoms with Gasteiger partial charge in [0.2, 0.25) is 0 Å². The second-order valence-electron chi connectivity index (χ2n) is 3.51. The third-order valence-corrected chi connectivity index (χ3v) is 2.31. The minimum absolute atomic E-state index is 0.0879. The van der Waals surface area contributed by atoms with Gasteiger partial charge in [0.25, 0.3) is 0 Å². The number of phenols is 1. The molecule has 0 heterocycles. The molecule has 4 nitrogen and oxygen atoms in total. The highest BCUT2D eigenvalue weighted by molar-refractivity contribution is 5.68. The van der Waals surface area contributed by atoms with Crippen molar-refractivity contribution in [3.8, 4) is 11.5 Å². The van der Waals surface area contributed by atoms with E-state index in [0.717, 1.165) is 0 Å². The lowest BCUT2D eigenvalue weighted by atomic mass is 9.96. The molecule has 0 spiro atoms. The van der Waals surface area contributed by atoms with Crippen LogP contribution in [-0.4, -0.2) is 23.3 Å². The molecule has 0 aliphatic heterocycles. The number of rotatable bonds is 4. The minimum Gasteiger partial charge on any atom is -0.505 e. The summed E-state index contributed by atoms with van der Waals surface area (Å²) in [7, 11) is 1.36. The monoisotopic (exact) mass is 228 g/mol. The van der Waals surface area contributed by atoms with Gasteiger partial charge in [-0.05, 0) is 18.1 Å². The van der Waals surface area contributed by atoms with Crippen LogP contribution in [0.15, 0.2) is 12.1 Å². The lowest BCUT2D eigenvalue weighted by Gasteiger charge is -2.15. The number of benzene rings is 1. The second-order valence-corrected chi connectivity index (χ2v) is 3.51. The second kappa shape index (κ2) is 4.83. The largest absolute Gasteiger partial charge is 0.505 e. The Kier molecular flexibility index (Phi) is 3.71. The predicted molar refractivity (Wildman–Crippen MR) is 55.3 cm³/mol. The SMILES string of the molecule is COc1ccc(O)c(F)c1C(C)CC(=O)O. The molecular weight excluding hydrogens is 215 g/mol. The number of ether oxygens (including phenoxy) is 1. The van der Waals surface area contributed by atoms with Gasteiger partial charge in [0.05, 0.1) is 13.5 Å². The fraction of sp³-hybridized carbons (Fsp3) is 0.364. The molecule has 0 amide bonds. The molecule has 1 unspecified atom stereocenters. The van der Waals surface area contributed by atoms with Crippen molar-refractivity contribution in [2.45, 2.75) is 19.3 Å². The van der Waals surface area contributed by atoms with Crippen molar-refractivity contribution in [3.63, 3.8) is 0 Å². The summed E-state index contributed by atoms with van der Waals surface area (Å²) in [6, 6.07) is 2.58. The zero-order chi connectivity index (χ0) is 12.3. The first-order chi connectivity index (χ1) is 7.47. The number of aromatic hydroxyl groups is 1. The molecular formula is C11H13FO4. The Balaban J connectivity index is 3.18. The summed E-state index contributed by atoms with van der Waals surface area (Å²) >= 11 is 0. The summed E-state index contributed by atoms with van der Waals surface area (Å²) in [5, 5.41) is 17.9. The summed E-state index contributed by atoms with van der Waals surface area (Å²) in [5.41, 5.74) is 0.0879. The molecule has 0 saturated heterocycles. The van der Waals surface area contributed by atoms with E-state index in [-0.39, 0.29) is 17.7 Å². The number of carboxylic acid groups (broad SMARTS) is 1. The molecule has 0 saturated carbocycles. The zero-order valence-corrected chi connectivity index (χ0v) is 9.03. The van der Waals surface area contributed by atoms with Gasteiger partial charge < -0.3 is 14.9 Å². The molecule has 16 heavy (non-hydrogen) atoms. The van der Waals surface area contributed by atoms with Crippen LogP contribution >= 0.6 is 0 Å². The van der Waals surface area contributed by atoms with E-state index in [2.05, 4.69) is 0 Å². The van der Waals surface area contributed by atoms with Gasteiger partial charge >= 0.3 is 5.97 Å². The van der Waals surface area contributed by atoms with E-state index >= 15 is 0 Å². The summed E-state index contributed by atoms with van der Waals surface area (Å²) in [6.07, 6.45) is -0.225. The minimum atomic E-state index is -1.03. The van der Waals surface area contributed by atoms with Crippen LogP contribution in [0.2, 0.25) is 0 Å². The molecule has 0 aromatic heterocycles. The smallest absolute Gasteiger partial charge is 0.303 e. The first-order valence-electron chi connectivity index (χ1n) is 4.74. The summed E-state index contributed by atoms with van der Waals surface area (Å²) < 4.78 is 18.6. The van der Waals surface area contributed by atoms with E-state index in [1.165, 1.54) is 19.2 Å². The van der Waals surface area contributed by atoms with Crippen molar-refractivity contribution in [3.05, 3.63) is 23.5 Å². The van der Waals surface area contributed by atoms with Crippen LogP contribution < -0.4 is 4.74 Å². The Bertz CT molecular complexity index is 403. The lowest BCUT2D eigenvalue weighted by molar-refractivity contribution is -0.137. The number of carbonyl (C=O) groups is 1. The average Bonchev–Trinajstić information content (AvgIpc) is 2.20. The lowest BCUT2D eigenvalue weighted by Crippen LogP contribution is -2.06. The number of aliphatic carboxylic acids is 1. The molecule has 1 rings (SSSR count). The van der Waals surface area contributed by atoms with Gasteiger partial charge in [0.15, 0.2) is 11.6 Å². The first-order valence-corrected chi connectivity index (χ1v) is 4.74. The van der Waals surface area contributed by atoms with E-state index in [1.807, 2.05) is 0 Å².